The minimum absolute atomic E-state index is 0.392. The van der Waals surface area contributed by atoms with Crippen LogP contribution in [0.4, 0.5) is 0 Å². The van der Waals surface area contributed by atoms with Gasteiger partial charge in [-0.1, -0.05) is 146 Å². The maximum atomic E-state index is 5.19. The number of nitrogens with zero attached hydrogens (tertiary/aromatic N) is 8. The van der Waals surface area contributed by atoms with Crippen LogP contribution >= 0.6 is 0 Å². The fraction of sp³-hybridized carbons (Fsp3) is 0. The Morgan fingerprint density at radius 1 is 0.259 bits per heavy atom. The highest BCUT2D eigenvalue weighted by Crippen LogP contribution is 2.35. The zero-order chi connectivity index (χ0) is 35.8. The molecule has 0 spiro atoms. The molecular weight excluding hydrogens is 665 g/mol. The molecule has 0 atom stereocenters. The average molecular weight is 693 g/mol. The predicted molar refractivity (Wildman–Crippen MR) is 214 cm³/mol. The third kappa shape index (κ3) is 5.68. The Labute approximate surface area is 310 Å². The van der Waals surface area contributed by atoms with Crippen LogP contribution in [0.5, 0.6) is 0 Å². The zero-order valence-corrected chi connectivity index (χ0v) is 28.7. The van der Waals surface area contributed by atoms with Crippen molar-refractivity contribution in [2.75, 3.05) is 0 Å². The molecule has 10 aromatic rings. The minimum Gasteiger partial charge on any atom is -0.233 e. The molecule has 6 aromatic carbocycles. The summed E-state index contributed by atoms with van der Waals surface area (Å²) in [5.74, 6) is 1.61. The van der Waals surface area contributed by atoms with Gasteiger partial charge in [-0.25, -0.2) is 39.9 Å². The first-order chi connectivity index (χ1) is 26.7. The molecule has 0 saturated heterocycles. The van der Waals surface area contributed by atoms with Crippen molar-refractivity contribution in [2.45, 2.75) is 0 Å². The summed E-state index contributed by atoms with van der Waals surface area (Å²) in [6.07, 6.45) is 3.70. The van der Waals surface area contributed by atoms with Gasteiger partial charge in [-0.2, -0.15) is 0 Å². The van der Waals surface area contributed by atoms with Crippen molar-refractivity contribution in [3.63, 3.8) is 0 Å². The first-order valence-electron chi connectivity index (χ1n) is 17.6. The molecule has 0 radical (unpaired) electrons. The Hall–Kier alpha value is -7.58. The van der Waals surface area contributed by atoms with Gasteiger partial charge in [-0.3, -0.25) is 0 Å². The van der Waals surface area contributed by atoms with E-state index in [1.807, 2.05) is 158 Å². The van der Waals surface area contributed by atoms with Crippen LogP contribution in [-0.2, 0) is 0 Å². The molecule has 10 rings (SSSR count). The molecule has 4 heterocycles. The maximum absolute atomic E-state index is 5.19. The molecule has 0 amide bonds. The molecule has 0 N–H and O–H groups in total. The molecular formula is C46H28N8. The third-order valence-electron chi connectivity index (χ3n) is 9.44. The summed E-state index contributed by atoms with van der Waals surface area (Å²) in [5, 5.41) is 3.72. The van der Waals surface area contributed by atoms with Crippen LogP contribution in [-0.4, -0.2) is 39.9 Å². The fourth-order valence-electron chi connectivity index (χ4n) is 6.81. The van der Waals surface area contributed by atoms with Gasteiger partial charge in [-0.15, -0.1) is 0 Å². The van der Waals surface area contributed by atoms with Crippen molar-refractivity contribution in [2.24, 2.45) is 0 Å². The zero-order valence-electron chi connectivity index (χ0n) is 28.7. The molecule has 54 heavy (non-hydrogen) atoms. The number of aromatic nitrogens is 8. The van der Waals surface area contributed by atoms with Crippen LogP contribution in [0.2, 0.25) is 0 Å². The second-order valence-electron chi connectivity index (χ2n) is 12.8. The van der Waals surface area contributed by atoms with Gasteiger partial charge in [0.2, 0.25) is 0 Å². The SMILES string of the molecule is c1ccc(-c2cc(-c3ccccc3)nc(-c3ncc4c5ccccc5c5cnc(-c6nc(-c7ccccc7)cc(-c7ccccc7)n6)nc5c4n3)n2)cc1. The molecule has 0 aliphatic carbocycles. The molecule has 4 aromatic heterocycles. The highest BCUT2D eigenvalue weighted by molar-refractivity contribution is 6.22. The van der Waals surface area contributed by atoms with E-state index in [0.29, 0.717) is 34.3 Å². The van der Waals surface area contributed by atoms with E-state index in [-0.39, 0.29) is 0 Å². The Morgan fingerprint density at radius 2 is 0.556 bits per heavy atom. The van der Waals surface area contributed by atoms with Gasteiger partial charge >= 0.3 is 0 Å². The van der Waals surface area contributed by atoms with Crippen molar-refractivity contribution < 1.29 is 0 Å². The lowest BCUT2D eigenvalue weighted by Gasteiger charge is -2.12. The molecule has 0 fully saturated rings. The molecule has 0 unspecified atom stereocenters. The number of hydrogen-bond donors (Lipinski definition) is 0. The van der Waals surface area contributed by atoms with Gasteiger partial charge in [-0.05, 0) is 22.9 Å². The van der Waals surface area contributed by atoms with E-state index in [1.54, 1.807) is 0 Å². The van der Waals surface area contributed by atoms with Gasteiger partial charge in [0.05, 0.1) is 22.8 Å². The van der Waals surface area contributed by atoms with E-state index < -0.39 is 0 Å². The lowest BCUT2D eigenvalue weighted by Crippen LogP contribution is -2.02. The molecule has 8 heteroatoms. The van der Waals surface area contributed by atoms with Crippen LogP contribution in [0.1, 0.15) is 0 Å². The van der Waals surface area contributed by atoms with Crippen LogP contribution in [0.3, 0.4) is 0 Å². The number of benzene rings is 6. The van der Waals surface area contributed by atoms with Gasteiger partial charge in [0, 0.05) is 45.4 Å². The first-order valence-corrected chi connectivity index (χ1v) is 17.6. The lowest BCUT2D eigenvalue weighted by molar-refractivity contribution is 1.10. The summed E-state index contributed by atoms with van der Waals surface area (Å²) >= 11 is 0. The standard InChI is InChI=1S/C46H28N8/c1-5-15-29(16-6-1)37-25-38(30-17-7-2-8-18-30)50-45(49-37)43-47-27-35-33-23-13-14-24-34(33)36-28-48-44(54-42(36)41(35)53-43)46-51-39(31-19-9-3-10-20-31)26-40(52-46)32-21-11-4-12-22-32/h1-28H. The molecule has 0 bridgehead atoms. The van der Waals surface area contributed by atoms with Gasteiger partial charge in [0.1, 0.15) is 11.0 Å². The van der Waals surface area contributed by atoms with Crippen molar-refractivity contribution in [3.8, 4) is 68.3 Å². The Balaban J connectivity index is 1.20. The Morgan fingerprint density at radius 3 is 0.870 bits per heavy atom. The quantitative estimate of drug-likeness (QED) is 0.159. The second-order valence-corrected chi connectivity index (χ2v) is 12.8. The minimum atomic E-state index is 0.392. The summed E-state index contributed by atoms with van der Waals surface area (Å²) in [7, 11) is 0. The Kier molecular flexibility index (Phi) is 7.62. The van der Waals surface area contributed by atoms with Crippen LogP contribution in [0, 0.1) is 0 Å². The smallest absolute Gasteiger partial charge is 0.198 e. The third-order valence-corrected chi connectivity index (χ3v) is 9.44. The van der Waals surface area contributed by atoms with Gasteiger partial charge in [0.25, 0.3) is 0 Å². The average Bonchev–Trinajstić information content (AvgIpc) is 3.27. The lowest BCUT2D eigenvalue weighted by atomic mass is 10.0. The molecule has 0 aliphatic heterocycles. The summed E-state index contributed by atoms with van der Waals surface area (Å²) in [6, 6.07) is 52.5. The molecule has 8 nitrogen and oxygen atoms in total. The number of fused-ring (bicyclic) bond motifs is 6. The van der Waals surface area contributed by atoms with Crippen LogP contribution in [0.25, 0.3) is 101 Å². The first kappa shape index (κ1) is 31.2. The highest BCUT2D eigenvalue weighted by Gasteiger charge is 2.19. The van der Waals surface area contributed by atoms with Crippen molar-refractivity contribution >= 4 is 32.6 Å². The normalized spacial score (nSPS) is 11.3. The van der Waals surface area contributed by atoms with E-state index in [2.05, 4.69) is 12.1 Å². The predicted octanol–water partition coefficient (Wildman–Crippen LogP) is 10.3. The number of hydrogen-bond acceptors (Lipinski definition) is 8. The summed E-state index contributed by atoms with van der Waals surface area (Å²) in [5.41, 5.74) is 8.33. The van der Waals surface area contributed by atoms with Crippen molar-refractivity contribution in [1.29, 1.82) is 0 Å². The summed E-state index contributed by atoms with van der Waals surface area (Å²) in [4.78, 5) is 40.1. The van der Waals surface area contributed by atoms with Crippen molar-refractivity contribution in [3.05, 3.63) is 170 Å². The maximum Gasteiger partial charge on any atom is 0.198 e. The Bertz CT molecular complexity index is 2660. The van der Waals surface area contributed by atoms with E-state index >= 15 is 0 Å². The summed E-state index contributed by atoms with van der Waals surface area (Å²) in [6.45, 7) is 0. The van der Waals surface area contributed by atoms with Gasteiger partial charge < -0.3 is 0 Å². The molecule has 0 saturated carbocycles. The summed E-state index contributed by atoms with van der Waals surface area (Å²) < 4.78 is 0. The molecule has 252 valence electrons. The van der Waals surface area contributed by atoms with E-state index in [1.165, 1.54) is 0 Å². The van der Waals surface area contributed by atoms with Gasteiger partial charge in [0.15, 0.2) is 23.3 Å². The monoisotopic (exact) mass is 692 g/mol. The largest absolute Gasteiger partial charge is 0.233 e. The van der Waals surface area contributed by atoms with E-state index in [9.17, 15) is 0 Å². The fourth-order valence-corrected chi connectivity index (χ4v) is 6.81. The number of rotatable bonds is 6. The van der Waals surface area contributed by atoms with Crippen molar-refractivity contribution in [1.82, 2.24) is 39.9 Å². The second kappa shape index (κ2) is 13.2. The topological polar surface area (TPSA) is 103 Å². The van der Waals surface area contributed by atoms with E-state index in [0.717, 1.165) is 66.6 Å². The molecule has 0 aliphatic rings. The van der Waals surface area contributed by atoms with E-state index in [4.69, 9.17) is 39.9 Å². The highest BCUT2D eigenvalue weighted by atomic mass is 15.0. The van der Waals surface area contributed by atoms with Crippen LogP contribution in [0.15, 0.2) is 170 Å². The van der Waals surface area contributed by atoms with Crippen LogP contribution < -0.4 is 0 Å².